The highest BCUT2D eigenvalue weighted by Crippen LogP contribution is 2.25. The fourth-order valence-electron chi connectivity index (χ4n) is 1.83. The number of thiophene rings is 1. The zero-order chi connectivity index (χ0) is 12.4. The second kappa shape index (κ2) is 4.74. The number of aryl methyl sites for hydroxylation is 1. The molecule has 0 aliphatic rings. The van der Waals surface area contributed by atoms with Gasteiger partial charge in [0.25, 0.3) is 0 Å². The van der Waals surface area contributed by atoms with Crippen LogP contribution in [-0.4, -0.2) is 15.0 Å². The van der Waals surface area contributed by atoms with E-state index in [2.05, 4.69) is 41.5 Å². The molecular weight excluding hydrogens is 242 g/mol. The maximum atomic E-state index is 4.22. The summed E-state index contributed by atoms with van der Waals surface area (Å²) < 4.78 is 1.87. The molecule has 0 bridgehead atoms. The summed E-state index contributed by atoms with van der Waals surface area (Å²) in [4.78, 5) is 2.47. The molecule has 0 aliphatic heterocycles. The van der Waals surface area contributed by atoms with Gasteiger partial charge in [0, 0.05) is 4.88 Å². The van der Waals surface area contributed by atoms with Gasteiger partial charge in [0.1, 0.15) is 5.69 Å². The Hall–Kier alpha value is -1.94. The van der Waals surface area contributed by atoms with Crippen molar-refractivity contribution in [3.8, 4) is 10.6 Å². The normalized spacial score (nSPS) is 10.7. The summed E-state index contributed by atoms with van der Waals surface area (Å²) in [6, 6.07) is 14.5. The van der Waals surface area contributed by atoms with Crippen LogP contribution in [0.15, 0.2) is 48.7 Å². The average Bonchev–Trinajstić information content (AvgIpc) is 2.99. The van der Waals surface area contributed by atoms with Crippen LogP contribution in [0.1, 0.15) is 10.4 Å². The molecule has 2 aromatic heterocycles. The van der Waals surface area contributed by atoms with Crippen LogP contribution in [0.3, 0.4) is 0 Å². The van der Waals surface area contributed by atoms with Crippen molar-refractivity contribution < 1.29 is 0 Å². The minimum absolute atomic E-state index is 0.762. The van der Waals surface area contributed by atoms with E-state index in [1.165, 1.54) is 15.3 Å². The van der Waals surface area contributed by atoms with Crippen LogP contribution in [0, 0.1) is 6.92 Å². The predicted molar refractivity (Wildman–Crippen MR) is 73.6 cm³/mol. The van der Waals surface area contributed by atoms with Gasteiger partial charge in [0.05, 0.1) is 17.6 Å². The van der Waals surface area contributed by atoms with Crippen molar-refractivity contribution in [2.75, 3.05) is 0 Å². The molecule has 3 aromatic rings. The molecule has 2 heterocycles. The van der Waals surface area contributed by atoms with Gasteiger partial charge in [-0.15, -0.1) is 16.4 Å². The zero-order valence-electron chi connectivity index (χ0n) is 10.1. The highest BCUT2D eigenvalue weighted by atomic mass is 32.1. The fraction of sp³-hybridized carbons (Fsp3) is 0.143. The van der Waals surface area contributed by atoms with Crippen LogP contribution in [0.5, 0.6) is 0 Å². The first kappa shape index (κ1) is 11.2. The van der Waals surface area contributed by atoms with Gasteiger partial charge >= 0.3 is 0 Å². The van der Waals surface area contributed by atoms with Gasteiger partial charge < -0.3 is 0 Å². The van der Waals surface area contributed by atoms with E-state index in [1.807, 2.05) is 29.1 Å². The van der Waals surface area contributed by atoms with E-state index in [0.717, 1.165) is 12.2 Å². The predicted octanol–water partition coefficient (Wildman–Crippen LogP) is 3.36. The molecule has 3 rings (SSSR count). The number of hydrogen-bond donors (Lipinski definition) is 0. The molecule has 0 atom stereocenters. The summed E-state index contributed by atoms with van der Waals surface area (Å²) in [5.41, 5.74) is 2.18. The molecule has 18 heavy (non-hydrogen) atoms. The Kier molecular flexibility index (Phi) is 2.94. The summed E-state index contributed by atoms with van der Waals surface area (Å²) >= 11 is 1.74. The number of aromatic nitrogens is 3. The minimum atomic E-state index is 0.762. The molecule has 4 heteroatoms. The van der Waals surface area contributed by atoms with E-state index < -0.39 is 0 Å². The number of hydrogen-bond acceptors (Lipinski definition) is 3. The standard InChI is InChI=1S/C14H13N3S/c1-11-7-8-14(18-11)13-10-17(16-15-13)9-12-5-3-2-4-6-12/h2-8,10H,9H2,1H3. The Morgan fingerprint density at radius 1 is 1.11 bits per heavy atom. The van der Waals surface area contributed by atoms with Crippen LogP contribution >= 0.6 is 11.3 Å². The smallest absolute Gasteiger partial charge is 0.123 e. The molecule has 0 N–H and O–H groups in total. The first-order valence-corrected chi connectivity index (χ1v) is 6.64. The molecule has 0 saturated heterocycles. The van der Waals surface area contributed by atoms with Crippen molar-refractivity contribution in [2.45, 2.75) is 13.5 Å². The maximum Gasteiger partial charge on any atom is 0.123 e. The first-order valence-electron chi connectivity index (χ1n) is 5.82. The van der Waals surface area contributed by atoms with Crippen molar-refractivity contribution in [1.29, 1.82) is 0 Å². The van der Waals surface area contributed by atoms with Crippen LogP contribution in [0.25, 0.3) is 10.6 Å². The summed E-state index contributed by atoms with van der Waals surface area (Å²) in [6.45, 7) is 2.86. The third-order valence-electron chi connectivity index (χ3n) is 2.72. The molecule has 0 radical (unpaired) electrons. The Bertz CT molecular complexity index is 640. The molecule has 0 amide bonds. The van der Waals surface area contributed by atoms with Crippen molar-refractivity contribution in [3.05, 3.63) is 59.1 Å². The Morgan fingerprint density at radius 2 is 1.94 bits per heavy atom. The molecule has 3 nitrogen and oxygen atoms in total. The van der Waals surface area contributed by atoms with Gasteiger partial charge in [-0.1, -0.05) is 35.5 Å². The number of rotatable bonds is 3. The average molecular weight is 255 g/mol. The highest BCUT2D eigenvalue weighted by molar-refractivity contribution is 7.15. The summed E-state index contributed by atoms with van der Waals surface area (Å²) in [6.07, 6.45) is 2.00. The van der Waals surface area contributed by atoms with E-state index in [1.54, 1.807) is 11.3 Å². The van der Waals surface area contributed by atoms with E-state index in [0.29, 0.717) is 0 Å². The van der Waals surface area contributed by atoms with Crippen molar-refractivity contribution in [3.63, 3.8) is 0 Å². The monoisotopic (exact) mass is 255 g/mol. The van der Waals surface area contributed by atoms with Gasteiger partial charge in [0.15, 0.2) is 0 Å². The minimum Gasteiger partial charge on any atom is -0.247 e. The summed E-state index contributed by atoms with van der Waals surface area (Å²) in [5.74, 6) is 0. The lowest BCUT2D eigenvalue weighted by molar-refractivity contribution is 0.650. The van der Waals surface area contributed by atoms with Crippen LogP contribution in [-0.2, 0) is 6.54 Å². The second-order valence-electron chi connectivity index (χ2n) is 4.20. The van der Waals surface area contributed by atoms with Crippen molar-refractivity contribution >= 4 is 11.3 Å². The van der Waals surface area contributed by atoms with Crippen LogP contribution < -0.4 is 0 Å². The van der Waals surface area contributed by atoms with Gasteiger partial charge in [-0.05, 0) is 24.6 Å². The van der Waals surface area contributed by atoms with Gasteiger partial charge in [-0.3, -0.25) is 0 Å². The SMILES string of the molecule is Cc1ccc(-c2cn(Cc3ccccc3)nn2)s1. The fourth-order valence-corrected chi connectivity index (χ4v) is 2.65. The molecule has 90 valence electrons. The highest BCUT2D eigenvalue weighted by Gasteiger charge is 2.06. The molecule has 0 unspecified atom stereocenters. The lowest BCUT2D eigenvalue weighted by Gasteiger charge is -1.99. The summed E-state index contributed by atoms with van der Waals surface area (Å²) in [5, 5.41) is 8.39. The Morgan fingerprint density at radius 3 is 2.67 bits per heavy atom. The maximum absolute atomic E-state index is 4.22. The number of benzene rings is 1. The Balaban J connectivity index is 1.82. The van der Waals surface area contributed by atoms with Crippen molar-refractivity contribution in [1.82, 2.24) is 15.0 Å². The lowest BCUT2D eigenvalue weighted by Crippen LogP contribution is -1.99. The Labute approximate surface area is 110 Å². The van der Waals surface area contributed by atoms with E-state index in [9.17, 15) is 0 Å². The molecular formula is C14H13N3S. The van der Waals surface area contributed by atoms with Crippen LogP contribution in [0.4, 0.5) is 0 Å². The van der Waals surface area contributed by atoms with Gasteiger partial charge in [-0.25, -0.2) is 4.68 Å². The molecule has 0 spiro atoms. The van der Waals surface area contributed by atoms with Gasteiger partial charge in [-0.2, -0.15) is 0 Å². The lowest BCUT2D eigenvalue weighted by atomic mass is 10.2. The number of nitrogens with zero attached hydrogens (tertiary/aromatic N) is 3. The topological polar surface area (TPSA) is 30.7 Å². The third kappa shape index (κ3) is 2.33. The zero-order valence-corrected chi connectivity index (χ0v) is 10.9. The summed E-state index contributed by atoms with van der Waals surface area (Å²) in [7, 11) is 0. The molecule has 0 fully saturated rings. The van der Waals surface area contributed by atoms with Crippen molar-refractivity contribution in [2.24, 2.45) is 0 Å². The van der Waals surface area contributed by atoms with Gasteiger partial charge in [0.2, 0.25) is 0 Å². The molecule has 0 aliphatic carbocycles. The van der Waals surface area contributed by atoms with Crippen LogP contribution in [0.2, 0.25) is 0 Å². The largest absolute Gasteiger partial charge is 0.247 e. The van der Waals surface area contributed by atoms with E-state index in [-0.39, 0.29) is 0 Å². The first-order chi connectivity index (χ1) is 8.81. The third-order valence-corrected chi connectivity index (χ3v) is 3.74. The molecule has 1 aromatic carbocycles. The van der Waals surface area contributed by atoms with E-state index in [4.69, 9.17) is 0 Å². The quantitative estimate of drug-likeness (QED) is 0.718. The molecule has 0 saturated carbocycles. The van der Waals surface area contributed by atoms with E-state index >= 15 is 0 Å². The second-order valence-corrected chi connectivity index (χ2v) is 5.49.